The number of primary amides is 1. The van der Waals surface area contributed by atoms with Crippen LogP contribution in [0.1, 0.15) is 28.4 Å². The van der Waals surface area contributed by atoms with Crippen LogP contribution in [0.15, 0.2) is 30.5 Å². The molecular weight excluding hydrogens is 309 g/mol. The molecule has 1 aliphatic rings. The van der Waals surface area contributed by atoms with E-state index in [0.29, 0.717) is 24.3 Å². The maximum atomic E-state index is 13.8. The number of carbonyl (C=O) groups is 1. The Labute approximate surface area is 131 Å². The van der Waals surface area contributed by atoms with Crippen LogP contribution in [0.2, 0.25) is 5.15 Å². The van der Waals surface area contributed by atoms with Crippen molar-refractivity contribution in [3.8, 4) is 5.75 Å². The molecule has 0 radical (unpaired) electrons. The Morgan fingerprint density at radius 3 is 3.09 bits per heavy atom. The Hall–Kier alpha value is -2.34. The first-order valence-electron chi connectivity index (χ1n) is 6.69. The van der Waals surface area contributed by atoms with Crippen LogP contribution in [0.3, 0.4) is 0 Å². The first kappa shape index (κ1) is 14.6. The van der Waals surface area contributed by atoms with Gasteiger partial charge in [-0.1, -0.05) is 23.7 Å². The Kier molecular flexibility index (Phi) is 3.85. The lowest BCUT2D eigenvalue weighted by Gasteiger charge is -2.28. The first-order chi connectivity index (χ1) is 10.6. The second kappa shape index (κ2) is 5.81. The molecule has 0 saturated heterocycles. The number of halogens is 2. The van der Waals surface area contributed by atoms with Gasteiger partial charge < -0.3 is 15.8 Å². The maximum Gasteiger partial charge on any atom is 0.252 e. The molecule has 1 aromatic carbocycles. The fourth-order valence-electron chi connectivity index (χ4n) is 2.47. The van der Waals surface area contributed by atoms with Gasteiger partial charge in [0.25, 0.3) is 5.91 Å². The van der Waals surface area contributed by atoms with Crippen molar-refractivity contribution in [2.75, 3.05) is 11.9 Å². The third-order valence-electron chi connectivity index (χ3n) is 3.49. The molecule has 1 aromatic heterocycles. The van der Waals surface area contributed by atoms with Crippen molar-refractivity contribution in [3.05, 3.63) is 52.6 Å². The molecule has 22 heavy (non-hydrogen) atoms. The number of nitrogens with zero attached hydrogens (tertiary/aromatic N) is 1. The minimum Gasteiger partial charge on any atom is -0.490 e. The van der Waals surface area contributed by atoms with Crippen molar-refractivity contribution >= 4 is 23.2 Å². The van der Waals surface area contributed by atoms with Gasteiger partial charge in [-0.3, -0.25) is 4.79 Å². The Morgan fingerprint density at radius 2 is 2.32 bits per heavy atom. The van der Waals surface area contributed by atoms with Gasteiger partial charge in [0.2, 0.25) is 0 Å². The monoisotopic (exact) mass is 321 g/mol. The summed E-state index contributed by atoms with van der Waals surface area (Å²) in [5.41, 5.74) is 6.73. The molecule has 1 amide bonds. The maximum absolute atomic E-state index is 13.8. The summed E-state index contributed by atoms with van der Waals surface area (Å²) in [7, 11) is 0. The fraction of sp³-hybridized carbons (Fsp3) is 0.200. The van der Waals surface area contributed by atoms with Gasteiger partial charge in [0.1, 0.15) is 5.15 Å². The summed E-state index contributed by atoms with van der Waals surface area (Å²) >= 11 is 5.88. The lowest BCUT2D eigenvalue weighted by Crippen LogP contribution is -2.23. The molecule has 0 aliphatic carbocycles. The van der Waals surface area contributed by atoms with Crippen molar-refractivity contribution in [3.63, 3.8) is 0 Å². The number of benzene rings is 1. The van der Waals surface area contributed by atoms with Crippen LogP contribution >= 0.6 is 11.6 Å². The van der Waals surface area contributed by atoms with Gasteiger partial charge in [-0.2, -0.15) is 0 Å². The van der Waals surface area contributed by atoms with E-state index in [-0.39, 0.29) is 22.5 Å². The lowest BCUT2D eigenvalue weighted by molar-refractivity contribution is 0.100. The van der Waals surface area contributed by atoms with E-state index in [1.807, 2.05) is 0 Å². The zero-order chi connectivity index (χ0) is 15.7. The highest BCUT2D eigenvalue weighted by Crippen LogP contribution is 2.36. The van der Waals surface area contributed by atoms with Gasteiger partial charge in [0.15, 0.2) is 11.6 Å². The SMILES string of the molecule is NC(=O)c1cnc(Cl)cc1NC1CCOc2c(F)cccc21. The average Bonchev–Trinajstić information content (AvgIpc) is 2.48. The van der Waals surface area contributed by atoms with Gasteiger partial charge in [-0.05, 0) is 12.1 Å². The first-order valence-corrected chi connectivity index (χ1v) is 7.07. The predicted molar refractivity (Wildman–Crippen MR) is 80.6 cm³/mol. The highest BCUT2D eigenvalue weighted by atomic mass is 35.5. The number of anilines is 1. The summed E-state index contributed by atoms with van der Waals surface area (Å²) < 4.78 is 19.2. The van der Waals surface area contributed by atoms with Crippen molar-refractivity contribution in [2.24, 2.45) is 5.73 Å². The summed E-state index contributed by atoms with van der Waals surface area (Å²) in [6.07, 6.45) is 1.94. The number of aromatic nitrogens is 1. The normalized spacial score (nSPS) is 16.5. The topological polar surface area (TPSA) is 77.2 Å². The number of para-hydroxylation sites is 1. The molecule has 1 aliphatic heterocycles. The summed E-state index contributed by atoms with van der Waals surface area (Å²) in [5, 5.41) is 3.42. The smallest absolute Gasteiger partial charge is 0.252 e. The Bertz CT molecular complexity index is 739. The second-order valence-corrected chi connectivity index (χ2v) is 5.30. The zero-order valence-electron chi connectivity index (χ0n) is 11.5. The number of hydrogen-bond acceptors (Lipinski definition) is 4. The molecule has 2 aromatic rings. The van der Waals surface area contributed by atoms with Crippen LogP contribution < -0.4 is 15.8 Å². The highest BCUT2D eigenvalue weighted by molar-refractivity contribution is 6.29. The number of nitrogens with two attached hydrogens (primary N) is 1. The summed E-state index contributed by atoms with van der Waals surface area (Å²) in [5.74, 6) is -0.794. The van der Waals surface area contributed by atoms with Gasteiger partial charge >= 0.3 is 0 Å². The molecular formula is C15H13ClFN3O2. The number of rotatable bonds is 3. The third-order valence-corrected chi connectivity index (χ3v) is 3.70. The average molecular weight is 322 g/mol. The van der Waals surface area contributed by atoms with E-state index in [4.69, 9.17) is 22.1 Å². The highest BCUT2D eigenvalue weighted by Gasteiger charge is 2.25. The molecule has 3 N–H and O–H groups in total. The number of amides is 1. The van der Waals surface area contributed by atoms with Crippen LogP contribution in [0, 0.1) is 5.82 Å². The number of pyridine rings is 1. The number of nitrogens with one attached hydrogen (secondary N) is 1. The minimum atomic E-state index is -0.613. The third kappa shape index (κ3) is 2.69. The van der Waals surface area contributed by atoms with Crippen LogP contribution in [0.5, 0.6) is 5.75 Å². The van der Waals surface area contributed by atoms with Crippen LogP contribution in [0.25, 0.3) is 0 Å². The van der Waals surface area contributed by atoms with E-state index in [2.05, 4.69) is 10.3 Å². The van der Waals surface area contributed by atoms with Crippen LogP contribution in [-0.4, -0.2) is 17.5 Å². The molecule has 0 spiro atoms. The molecule has 5 nitrogen and oxygen atoms in total. The molecule has 0 saturated carbocycles. The van der Waals surface area contributed by atoms with Crippen molar-refractivity contribution in [1.82, 2.24) is 4.98 Å². The van der Waals surface area contributed by atoms with Crippen LogP contribution in [0.4, 0.5) is 10.1 Å². The molecule has 3 rings (SSSR count). The van der Waals surface area contributed by atoms with Crippen molar-refractivity contribution in [2.45, 2.75) is 12.5 Å². The van der Waals surface area contributed by atoms with Gasteiger partial charge in [0.05, 0.1) is 23.9 Å². The Morgan fingerprint density at radius 1 is 1.50 bits per heavy atom. The predicted octanol–water partition coefficient (Wildman–Crippen LogP) is 2.91. The van der Waals surface area contributed by atoms with E-state index < -0.39 is 11.7 Å². The minimum absolute atomic E-state index is 0.212. The van der Waals surface area contributed by atoms with E-state index in [0.717, 1.165) is 0 Å². The summed E-state index contributed by atoms with van der Waals surface area (Å²) in [6, 6.07) is 6.06. The van der Waals surface area contributed by atoms with E-state index in [1.54, 1.807) is 12.1 Å². The van der Waals surface area contributed by atoms with Gasteiger partial charge in [0, 0.05) is 18.2 Å². The quantitative estimate of drug-likeness (QED) is 0.852. The number of hydrogen-bond donors (Lipinski definition) is 2. The van der Waals surface area contributed by atoms with E-state index >= 15 is 0 Å². The molecule has 7 heteroatoms. The van der Waals surface area contributed by atoms with Crippen LogP contribution in [-0.2, 0) is 0 Å². The number of fused-ring (bicyclic) bond motifs is 1. The molecule has 2 heterocycles. The molecule has 0 fully saturated rings. The number of carbonyl (C=O) groups excluding carboxylic acids is 1. The van der Waals surface area contributed by atoms with Gasteiger partial charge in [-0.25, -0.2) is 9.37 Å². The van der Waals surface area contributed by atoms with Gasteiger partial charge in [-0.15, -0.1) is 0 Å². The van der Waals surface area contributed by atoms with E-state index in [9.17, 15) is 9.18 Å². The molecule has 0 bridgehead atoms. The number of ether oxygens (including phenoxy) is 1. The Balaban J connectivity index is 1.97. The molecule has 114 valence electrons. The zero-order valence-corrected chi connectivity index (χ0v) is 12.2. The second-order valence-electron chi connectivity index (χ2n) is 4.91. The van der Waals surface area contributed by atoms with Crippen molar-refractivity contribution < 1.29 is 13.9 Å². The summed E-state index contributed by atoms with van der Waals surface area (Å²) in [6.45, 7) is 0.371. The summed E-state index contributed by atoms with van der Waals surface area (Å²) in [4.78, 5) is 15.3. The standard InChI is InChI=1S/C15H13ClFN3O2/c16-13-6-12(9(7-19-13)15(18)21)20-11-4-5-22-14-8(11)2-1-3-10(14)17/h1-3,6-7,11H,4-5H2,(H2,18,21)(H,19,20). The lowest BCUT2D eigenvalue weighted by atomic mass is 9.99. The molecule has 1 unspecified atom stereocenters. The largest absolute Gasteiger partial charge is 0.490 e. The molecule has 1 atom stereocenters. The van der Waals surface area contributed by atoms with E-state index in [1.165, 1.54) is 18.3 Å². The fourth-order valence-corrected chi connectivity index (χ4v) is 2.63. The van der Waals surface area contributed by atoms with Crippen molar-refractivity contribution in [1.29, 1.82) is 0 Å².